The van der Waals surface area contributed by atoms with Crippen LogP contribution in [0.25, 0.3) is 0 Å². The van der Waals surface area contributed by atoms with Gasteiger partial charge >= 0.3 is 11.9 Å². The highest BCUT2D eigenvalue weighted by Crippen LogP contribution is 2.17. The summed E-state index contributed by atoms with van der Waals surface area (Å²) >= 11 is 0. The van der Waals surface area contributed by atoms with Crippen LogP contribution in [0.4, 0.5) is 0 Å². The summed E-state index contributed by atoms with van der Waals surface area (Å²) in [5, 5.41) is 24.8. The molecule has 0 saturated heterocycles. The molecule has 0 spiro atoms. The Kier molecular flexibility index (Phi) is 9.87. The molecule has 0 saturated carbocycles. The van der Waals surface area contributed by atoms with Crippen molar-refractivity contribution < 1.29 is 24.9 Å². The van der Waals surface area contributed by atoms with Gasteiger partial charge in [0.2, 0.25) is 0 Å². The molecule has 1 aromatic rings. The molecule has 0 bridgehead atoms. The fourth-order valence-electron chi connectivity index (χ4n) is 1.79. The molecule has 0 heterocycles. The van der Waals surface area contributed by atoms with Crippen LogP contribution in [-0.2, 0) is 16.0 Å². The molecule has 0 amide bonds. The van der Waals surface area contributed by atoms with Gasteiger partial charge in [0, 0.05) is 13.0 Å². The van der Waals surface area contributed by atoms with E-state index in [0.29, 0.717) is 12.3 Å². The predicted octanol–water partition coefficient (Wildman–Crippen LogP) is 2.92. The largest absolute Gasteiger partial charge is 0.481 e. The van der Waals surface area contributed by atoms with Gasteiger partial charge in [0.15, 0.2) is 0 Å². The number of rotatable bonds is 7. The molecule has 1 atom stereocenters. The Hall–Kier alpha value is -1.88. The van der Waals surface area contributed by atoms with E-state index in [4.69, 9.17) is 15.3 Å². The van der Waals surface area contributed by atoms with Crippen molar-refractivity contribution in [3.63, 3.8) is 0 Å². The fourth-order valence-corrected chi connectivity index (χ4v) is 1.79. The van der Waals surface area contributed by atoms with E-state index >= 15 is 0 Å². The quantitative estimate of drug-likeness (QED) is 0.720. The first-order valence-electron chi connectivity index (χ1n) is 7.42. The molecule has 5 nitrogen and oxygen atoms in total. The standard InChI is InChI=1S/C13H18O2.C4H8O3/c1-9(2)8-11-4-6-12(7-5-11)10(3)13(14)15;5-3-1-2-4(6)7/h4-7,9-10H,8H2,1-3H3,(H,14,15);5H,1-3H2,(H,6,7). The third-order valence-electron chi connectivity index (χ3n) is 3.04. The van der Waals surface area contributed by atoms with Crippen LogP contribution in [-0.4, -0.2) is 33.9 Å². The molecule has 22 heavy (non-hydrogen) atoms. The van der Waals surface area contributed by atoms with Gasteiger partial charge in [0.05, 0.1) is 5.92 Å². The number of carboxylic acids is 2. The first kappa shape index (κ1) is 20.1. The minimum atomic E-state index is -0.853. The smallest absolute Gasteiger partial charge is 0.310 e. The van der Waals surface area contributed by atoms with Gasteiger partial charge < -0.3 is 15.3 Å². The van der Waals surface area contributed by atoms with Gasteiger partial charge in [-0.1, -0.05) is 38.1 Å². The molecule has 0 aromatic heterocycles. The van der Waals surface area contributed by atoms with Crippen molar-refractivity contribution >= 4 is 11.9 Å². The molecule has 0 aliphatic rings. The van der Waals surface area contributed by atoms with Crippen LogP contribution in [0, 0.1) is 5.92 Å². The van der Waals surface area contributed by atoms with E-state index in [1.165, 1.54) is 5.56 Å². The molecule has 1 rings (SSSR count). The summed E-state index contributed by atoms with van der Waals surface area (Å²) in [5.74, 6) is -1.41. The number of carboxylic acid groups (broad SMARTS) is 2. The Bertz CT molecular complexity index is 451. The molecule has 124 valence electrons. The lowest BCUT2D eigenvalue weighted by atomic mass is 9.97. The summed E-state index contributed by atoms with van der Waals surface area (Å²) in [4.78, 5) is 20.4. The molecule has 3 N–H and O–H groups in total. The van der Waals surface area contributed by atoms with Crippen molar-refractivity contribution in [3.8, 4) is 0 Å². The summed E-state index contributed by atoms with van der Waals surface area (Å²) < 4.78 is 0. The molecule has 1 unspecified atom stereocenters. The zero-order chi connectivity index (χ0) is 17.1. The molecule has 0 aliphatic carbocycles. The molecule has 5 heteroatoms. The second-order valence-corrected chi connectivity index (χ2v) is 5.62. The van der Waals surface area contributed by atoms with Crippen LogP contribution in [0.2, 0.25) is 0 Å². The van der Waals surface area contributed by atoms with Crippen LogP contribution in [0.15, 0.2) is 24.3 Å². The van der Waals surface area contributed by atoms with Gasteiger partial charge in [-0.15, -0.1) is 0 Å². The average molecular weight is 310 g/mol. The molecule has 0 aliphatic heterocycles. The van der Waals surface area contributed by atoms with Crippen LogP contribution in [0.3, 0.4) is 0 Å². The zero-order valence-electron chi connectivity index (χ0n) is 13.5. The van der Waals surface area contributed by atoms with Crippen molar-refractivity contribution in [2.75, 3.05) is 6.61 Å². The third-order valence-corrected chi connectivity index (χ3v) is 3.04. The van der Waals surface area contributed by atoms with E-state index in [2.05, 4.69) is 13.8 Å². The van der Waals surface area contributed by atoms with Gasteiger partial charge in [-0.25, -0.2) is 0 Å². The zero-order valence-corrected chi connectivity index (χ0v) is 13.5. The number of aliphatic carboxylic acids is 2. The highest BCUT2D eigenvalue weighted by atomic mass is 16.4. The number of hydrogen-bond acceptors (Lipinski definition) is 3. The lowest BCUT2D eigenvalue weighted by Crippen LogP contribution is -2.07. The topological polar surface area (TPSA) is 94.8 Å². The minimum absolute atomic E-state index is 0.0354. The Morgan fingerprint density at radius 2 is 1.59 bits per heavy atom. The minimum Gasteiger partial charge on any atom is -0.481 e. The van der Waals surface area contributed by atoms with Gasteiger partial charge in [-0.2, -0.15) is 0 Å². The maximum atomic E-state index is 10.8. The summed E-state index contributed by atoms with van der Waals surface area (Å²) in [7, 11) is 0. The van der Waals surface area contributed by atoms with Crippen LogP contribution in [0.5, 0.6) is 0 Å². The lowest BCUT2D eigenvalue weighted by molar-refractivity contribution is -0.138. The first-order chi connectivity index (χ1) is 10.3. The highest BCUT2D eigenvalue weighted by Gasteiger charge is 2.12. The summed E-state index contributed by atoms with van der Waals surface area (Å²) in [5.41, 5.74) is 2.14. The van der Waals surface area contributed by atoms with E-state index in [1.807, 2.05) is 24.3 Å². The average Bonchev–Trinajstić information content (AvgIpc) is 2.45. The fraction of sp³-hybridized carbons (Fsp3) is 0.529. The van der Waals surface area contributed by atoms with Gasteiger partial charge in [-0.05, 0) is 36.8 Å². The lowest BCUT2D eigenvalue weighted by Gasteiger charge is -2.09. The number of carbonyl (C=O) groups is 2. The van der Waals surface area contributed by atoms with Crippen LogP contribution in [0.1, 0.15) is 50.7 Å². The molecular formula is C17H26O5. The second kappa shape index (κ2) is 10.8. The van der Waals surface area contributed by atoms with E-state index in [-0.39, 0.29) is 13.0 Å². The second-order valence-electron chi connectivity index (χ2n) is 5.62. The Morgan fingerprint density at radius 3 is 1.91 bits per heavy atom. The maximum absolute atomic E-state index is 10.8. The Labute approximate surface area is 131 Å². The van der Waals surface area contributed by atoms with E-state index in [0.717, 1.165) is 12.0 Å². The molecule has 0 fully saturated rings. The molecule has 0 radical (unpaired) electrons. The number of aliphatic hydroxyl groups excluding tert-OH is 1. The SMILES string of the molecule is CC(C)Cc1ccc(C(C)C(=O)O)cc1.O=C(O)CCCO. The molecular weight excluding hydrogens is 284 g/mol. The number of aliphatic hydroxyl groups is 1. The van der Waals surface area contributed by atoms with E-state index in [1.54, 1.807) is 6.92 Å². The number of hydrogen-bond donors (Lipinski definition) is 3. The van der Waals surface area contributed by atoms with E-state index in [9.17, 15) is 9.59 Å². The number of benzene rings is 1. The maximum Gasteiger partial charge on any atom is 0.310 e. The predicted molar refractivity (Wildman–Crippen MR) is 85.0 cm³/mol. The van der Waals surface area contributed by atoms with Crippen molar-refractivity contribution in [2.24, 2.45) is 5.92 Å². The first-order valence-corrected chi connectivity index (χ1v) is 7.42. The van der Waals surface area contributed by atoms with Crippen molar-refractivity contribution in [3.05, 3.63) is 35.4 Å². The summed E-state index contributed by atoms with van der Waals surface area (Å²) in [6, 6.07) is 7.87. The van der Waals surface area contributed by atoms with Crippen LogP contribution >= 0.6 is 0 Å². The van der Waals surface area contributed by atoms with Crippen LogP contribution < -0.4 is 0 Å². The summed E-state index contributed by atoms with van der Waals surface area (Å²) in [6.45, 7) is 6.02. The van der Waals surface area contributed by atoms with Crippen molar-refractivity contribution in [2.45, 2.75) is 46.0 Å². The van der Waals surface area contributed by atoms with Gasteiger partial charge in [0.1, 0.15) is 0 Å². The summed E-state index contributed by atoms with van der Waals surface area (Å²) in [6.07, 6.45) is 1.47. The Balaban J connectivity index is 0.000000534. The third kappa shape index (κ3) is 9.13. The van der Waals surface area contributed by atoms with E-state index < -0.39 is 17.9 Å². The Morgan fingerprint density at radius 1 is 1.05 bits per heavy atom. The van der Waals surface area contributed by atoms with Gasteiger partial charge in [0.25, 0.3) is 0 Å². The van der Waals surface area contributed by atoms with Crippen molar-refractivity contribution in [1.82, 2.24) is 0 Å². The van der Waals surface area contributed by atoms with Crippen molar-refractivity contribution in [1.29, 1.82) is 0 Å². The monoisotopic (exact) mass is 310 g/mol. The molecule has 1 aromatic carbocycles. The highest BCUT2D eigenvalue weighted by molar-refractivity contribution is 5.75. The normalized spacial score (nSPS) is 11.5. The van der Waals surface area contributed by atoms with Gasteiger partial charge in [-0.3, -0.25) is 9.59 Å².